The molecule has 6 heteroatoms. The van der Waals surface area contributed by atoms with Crippen molar-refractivity contribution >= 4 is 34.9 Å². The summed E-state index contributed by atoms with van der Waals surface area (Å²) in [5, 5.41) is 5.33. The third-order valence-electron chi connectivity index (χ3n) is 3.49. The van der Waals surface area contributed by atoms with Gasteiger partial charge in [-0.05, 0) is 30.7 Å². The van der Waals surface area contributed by atoms with E-state index in [1.165, 1.54) is 0 Å². The van der Waals surface area contributed by atoms with Crippen molar-refractivity contribution in [2.45, 2.75) is 31.2 Å². The van der Waals surface area contributed by atoms with Crippen molar-refractivity contribution in [2.24, 2.45) is 5.10 Å². The van der Waals surface area contributed by atoms with Gasteiger partial charge in [0.05, 0.1) is 17.2 Å². The van der Waals surface area contributed by atoms with Gasteiger partial charge in [0.2, 0.25) is 0 Å². The average molecular weight is 352 g/mol. The van der Waals surface area contributed by atoms with Crippen LogP contribution < -0.4 is 5.43 Å². The van der Waals surface area contributed by atoms with Gasteiger partial charge in [-0.15, -0.1) is 0 Å². The van der Waals surface area contributed by atoms with Crippen LogP contribution in [0, 0.1) is 6.92 Å². The Morgan fingerprint density at radius 1 is 1.28 bits per heavy atom. The highest BCUT2D eigenvalue weighted by Crippen LogP contribution is 2.23. The number of aromatic nitrogens is 2. The molecule has 0 aliphatic carbocycles. The van der Waals surface area contributed by atoms with Crippen LogP contribution in [-0.2, 0) is 0 Å². The van der Waals surface area contributed by atoms with E-state index in [4.69, 9.17) is 0 Å². The Morgan fingerprint density at radius 3 is 2.88 bits per heavy atom. The summed E-state index contributed by atoms with van der Waals surface area (Å²) in [7, 11) is 0. The number of H-pyrrole nitrogens is 1. The van der Waals surface area contributed by atoms with Gasteiger partial charge in [-0.1, -0.05) is 55.4 Å². The maximum Gasteiger partial charge on any atom is 0.271 e. The number of carbonyl (C=O) groups excluding carboxylic acids is 1. The first-order valence-electron chi connectivity index (χ1n) is 8.08. The van der Waals surface area contributed by atoms with Crippen molar-refractivity contribution in [1.29, 1.82) is 0 Å². The van der Waals surface area contributed by atoms with Crippen molar-refractivity contribution in [3.8, 4) is 0 Å². The smallest absolute Gasteiger partial charge is 0.271 e. The maximum absolute atomic E-state index is 12.3. The van der Waals surface area contributed by atoms with Crippen LogP contribution in [0.5, 0.6) is 0 Å². The lowest BCUT2D eigenvalue weighted by atomic mass is 10.2. The minimum absolute atomic E-state index is 0.251. The highest BCUT2D eigenvalue weighted by atomic mass is 32.2. The van der Waals surface area contributed by atoms with E-state index >= 15 is 0 Å². The third kappa shape index (κ3) is 4.48. The summed E-state index contributed by atoms with van der Waals surface area (Å²) in [5.74, 6) is -0.251. The number of imidazole rings is 1. The summed E-state index contributed by atoms with van der Waals surface area (Å²) < 4.78 is 0. The highest BCUT2D eigenvalue weighted by molar-refractivity contribution is 7.99. The molecule has 0 atom stereocenters. The van der Waals surface area contributed by atoms with Gasteiger partial charge in [0.1, 0.15) is 0 Å². The monoisotopic (exact) mass is 352 g/mol. The number of aryl methyl sites for hydroxylation is 1. The molecule has 0 bridgehead atoms. The Kier molecular flexibility index (Phi) is 5.19. The summed E-state index contributed by atoms with van der Waals surface area (Å²) in [4.78, 5) is 20.0. The van der Waals surface area contributed by atoms with E-state index in [0.29, 0.717) is 10.8 Å². The molecule has 3 rings (SSSR count). The van der Waals surface area contributed by atoms with Gasteiger partial charge in [-0.2, -0.15) is 5.10 Å². The molecule has 2 aromatic carbocycles. The fraction of sp³-hybridized carbons (Fsp3) is 0.211. The van der Waals surface area contributed by atoms with Crippen LogP contribution >= 0.6 is 11.8 Å². The maximum atomic E-state index is 12.3. The van der Waals surface area contributed by atoms with Crippen LogP contribution in [0.3, 0.4) is 0 Å². The van der Waals surface area contributed by atoms with E-state index in [2.05, 4.69) is 34.3 Å². The number of hydrazone groups is 1. The Balaban J connectivity index is 1.71. The van der Waals surface area contributed by atoms with Crippen molar-refractivity contribution in [3.63, 3.8) is 0 Å². The SMILES string of the molecule is Cc1cccc(/C=N\NC(=O)c2ccc3nc(SC(C)C)[nH]c3c2)c1. The van der Waals surface area contributed by atoms with E-state index in [1.807, 2.05) is 37.3 Å². The molecule has 25 heavy (non-hydrogen) atoms. The minimum Gasteiger partial charge on any atom is -0.333 e. The molecule has 0 saturated heterocycles. The van der Waals surface area contributed by atoms with E-state index in [0.717, 1.165) is 27.3 Å². The Bertz CT molecular complexity index is 930. The molecular formula is C19H20N4OS. The fourth-order valence-corrected chi connectivity index (χ4v) is 3.15. The molecular weight excluding hydrogens is 332 g/mol. The number of nitrogens with zero attached hydrogens (tertiary/aromatic N) is 2. The number of fused-ring (bicyclic) bond motifs is 1. The second-order valence-corrected chi connectivity index (χ2v) is 7.62. The number of rotatable bonds is 5. The first-order valence-corrected chi connectivity index (χ1v) is 8.96. The first-order chi connectivity index (χ1) is 12.0. The average Bonchev–Trinajstić information content (AvgIpc) is 2.95. The molecule has 0 spiro atoms. The lowest BCUT2D eigenvalue weighted by Crippen LogP contribution is -2.17. The standard InChI is InChI=1S/C19H20N4OS/c1-12(2)25-19-21-16-8-7-15(10-17(16)22-19)18(24)23-20-11-14-6-4-5-13(3)9-14/h4-12H,1-3H3,(H,21,22)(H,23,24)/b20-11-. The topological polar surface area (TPSA) is 70.1 Å². The third-order valence-corrected chi connectivity index (χ3v) is 4.38. The molecule has 0 fully saturated rings. The van der Waals surface area contributed by atoms with Crippen molar-refractivity contribution in [2.75, 3.05) is 0 Å². The molecule has 0 aliphatic heterocycles. The predicted octanol–water partition coefficient (Wildman–Crippen LogP) is 4.14. The number of amides is 1. The molecule has 1 aromatic heterocycles. The molecule has 1 amide bonds. The second kappa shape index (κ2) is 7.53. The zero-order valence-electron chi connectivity index (χ0n) is 14.4. The summed E-state index contributed by atoms with van der Waals surface area (Å²) in [6.45, 7) is 6.24. The molecule has 0 aliphatic rings. The van der Waals surface area contributed by atoms with Gasteiger partial charge in [-0.25, -0.2) is 10.4 Å². The molecule has 128 valence electrons. The Morgan fingerprint density at radius 2 is 2.12 bits per heavy atom. The summed E-state index contributed by atoms with van der Waals surface area (Å²) >= 11 is 1.66. The summed E-state index contributed by atoms with van der Waals surface area (Å²) in [6.07, 6.45) is 1.64. The minimum atomic E-state index is -0.251. The van der Waals surface area contributed by atoms with Gasteiger partial charge in [0.25, 0.3) is 5.91 Å². The predicted molar refractivity (Wildman–Crippen MR) is 103 cm³/mol. The number of thioether (sulfide) groups is 1. The zero-order valence-corrected chi connectivity index (χ0v) is 15.2. The van der Waals surface area contributed by atoms with Crippen molar-refractivity contribution < 1.29 is 4.79 Å². The molecule has 0 unspecified atom stereocenters. The Labute approximate surface area is 150 Å². The molecule has 0 saturated carbocycles. The van der Waals surface area contributed by atoms with E-state index in [-0.39, 0.29) is 5.91 Å². The summed E-state index contributed by atoms with van der Waals surface area (Å²) in [6, 6.07) is 13.3. The number of hydrogen-bond donors (Lipinski definition) is 2. The molecule has 1 heterocycles. The van der Waals surface area contributed by atoms with E-state index < -0.39 is 0 Å². The second-order valence-electron chi connectivity index (χ2n) is 6.05. The van der Waals surface area contributed by atoms with Gasteiger partial charge in [0.15, 0.2) is 5.16 Å². The fourth-order valence-electron chi connectivity index (χ4n) is 2.39. The number of carbonyl (C=O) groups is 1. The highest BCUT2D eigenvalue weighted by Gasteiger charge is 2.09. The lowest BCUT2D eigenvalue weighted by molar-refractivity contribution is 0.0955. The quantitative estimate of drug-likeness (QED) is 0.412. The van der Waals surface area contributed by atoms with Gasteiger partial charge >= 0.3 is 0 Å². The number of aromatic amines is 1. The van der Waals surface area contributed by atoms with Gasteiger partial charge in [0, 0.05) is 10.8 Å². The first kappa shape index (κ1) is 17.2. The Hall–Kier alpha value is -2.60. The molecule has 2 N–H and O–H groups in total. The summed E-state index contributed by atoms with van der Waals surface area (Å²) in [5.41, 5.74) is 6.89. The number of hydrogen-bond acceptors (Lipinski definition) is 4. The normalized spacial score (nSPS) is 11.5. The molecule has 3 aromatic rings. The zero-order chi connectivity index (χ0) is 17.8. The van der Waals surface area contributed by atoms with E-state index in [1.54, 1.807) is 30.1 Å². The number of benzene rings is 2. The van der Waals surface area contributed by atoms with Crippen LogP contribution in [0.15, 0.2) is 52.7 Å². The number of nitrogens with one attached hydrogen (secondary N) is 2. The lowest BCUT2D eigenvalue weighted by Gasteiger charge is -2.00. The molecule has 5 nitrogen and oxygen atoms in total. The van der Waals surface area contributed by atoms with Crippen LogP contribution in [0.25, 0.3) is 11.0 Å². The van der Waals surface area contributed by atoms with Crippen LogP contribution in [0.1, 0.15) is 35.3 Å². The van der Waals surface area contributed by atoms with E-state index in [9.17, 15) is 4.79 Å². The van der Waals surface area contributed by atoms with Crippen LogP contribution in [-0.4, -0.2) is 27.3 Å². The largest absolute Gasteiger partial charge is 0.333 e. The van der Waals surface area contributed by atoms with Crippen molar-refractivity contribution in [3.05, 3.63) is 59.2 Å². The van der Waals surface area contributed by atoms with Crippen LogP contribution in [0.2, 0.25) is 0 Å². The van der Waals surface area contributed by atoms with Gasteiger partial charge in [-0.3, -0.25) is 4.79 Å². The van der Waals surface area contributed by atoms with Crippen molar-refractivity contribution in [1.82, 2.24) is 15.4 Å². The van der Waals surface area contributed by atoms with Gasteiger partial charge < -0.3 is 4.98 Å². The van der Waals surface area contributed by atoms with Crippen LogP contribution in [0.4, 0.5) is 0 Å². The molecule has 0 radical (unpaired) electrons.